The summed E-state index contributed by atoms with van der Waals surface area (Å²) in [5, 5.41) is 2.67. The Morgan fingerprint density at radius 3 is 2.44 bits per heavy atom. The minimum absolute atomic E-state index is 0.0392. The molecule has 0 aromatic rings. The normalized spacial score (nSPS) is 46.9. The van der Waals surface area contributed by atoms with Crippen molar-refractivity contribution in [2.24, 2.45) is 45.8 Å². The van der Waals surface area contributed by atoms with Crippen molar-refractivity contribution in [1.29, 1.82) is 0 Å². The zero-order valence-electron chi connectivity index (χ0n) is 24.7. The molecule has 0 bridgehead atoms. The number of ether oxygens (including phenoxy) is 5. The quantitative estimate of drug-likeness (QED) is 0.306. The number of fused-ring (bicyclic) bond motifs is 7. The number of hydrogen-bond acceptors (Lipinski definition) is 7. The minimum atomic E-state index is -0.395. The fraction of sp³-hybridized carbons (Fsp3) is 0.871. The van der Waals surface area contributed by atoms with Gasteiger partial charge < -0.3 is 29.0 Å². The fourth-order valence-electron chi connectivity index (χ4n) is 9.70. The van der Waals surface area contributed by atoms with E-state index >= 15 is 0 Å². The van der Waals surface area contributed by atoms with E-state index in [1.165, 1.54) is 12.5 Å². The maximum Gasteiger partial charge on any atom is 0.407 e. The van der Waals surface area contributed by atoms with Gasteiger partial charge >= 0.3 is 12.1 Å². The Hall–Kier alpha value is -1.64. The first-order valence-electron chi connectivity index (χ1n) is 15.0. The summed E-state index contributed by atoms with van der Waals surface area (Å²) >= 11 is 0. The predicted octanol–water partition coefficient (Wildman–Crippen LogP) is 4.85. The van der Waals surface area contributed by atoms with Crippen molar-refractivity contribution in [3.63, 3.8) is 0 Å². The number of amides is 1. The number of carbonyl (C=O) groups is 2. The van der Waals surface area contributed by atoms with E-state index in [1.54, 1.807) is 7.05 Å². The lowest BCUT2D eigenvalue weighted by Gasteiger charge is -2.59. The van der Waals surface area contributed by atoms with Gasteiger partial charge in [0.15, 0.2) is 6.29 Å². The van der Waals surface area contributed by atoms with Gasteiger partial charge in [0.1, 0.15) is 18.3 Å². The van der Waals surface area contributed by atoms with Crippen molar-refractivity contribution in [1.82, 2.24) is 5.32 Å². The van der Waals surface area contributed by atoms with Crippen LogP contribution >= 0.6 is 0 Å². The molecule has 0 aromatic heterocycles. The van der Waals surface area contributed by atoms with Crippen molar-refractivity contribution in [3.8, 4) is 0 Å². The van der Waals surface area contributed by atoms with Gasteiger partial charge in [0, 0.05) is 43.1 Å². The molecular formula is C31H47NO7. The molecule has 1 amide bonds. The molecule has 218 valence electrons. The molecule has 8 nitrogen and oxygen atoms in total. The van der Waals surface area contributed by atoms with Crippen LogP contribution in [-0.2, 0) is 28.5 Å². The summed E-state index contributed by atoms with van der Waals surface area (Å²) < 4.78 is 30.6. The molecule has 39 heavy (non-hydrogen) atoms. The number of epoxide rings is 1. The second kappa shape index (κ2) is 9.45. The van der Waals surface area contributed by atoms with Gasteiger partial charge in [-0.1, -0.05) is 40.2 Å². The number of esters is 1. The van der Waals surface area contributed by atoms with Crippen LogP contribution < -0.4 is 5.32 Å². The summed E-state index contributed by atoms with van der Waals surface area (Å²) in [6.45, 7) is 14.4. The molecule has 5 fully saturated rings. The maximum absolute atomic E-state index is 12.6. The lowest BCUT2D eigenvalue weighted by Crippen LogP contribution is -2.58. The van der Waals surface area contributed by atoms with Crippen LogP contribution in [0.25, 0.3) is 0 Å². The zero-order valence-corrected chi connectivity index (χ0v) is 24.7. The van der Waals surface area contributed by atoms with E-state index in [-0.39, 0.29) is 58.8 Å². The van der Waals surface area contributed by atoms with Gasteiger partial charge in [0.25, 0.3) is 0 Å². The van der Waals surface area contributed by atoms with Crippen LogP contribution in [-0.4, -0.2) is 63.0 Å². The number of nitrogens with one attached hydrogen (secondary N) is 1. The van der Waals surface area contributed by atoms with E-state index in [4.69, 9.17) is 23.7 Å². The average Bonchev–Trinajstić information content (AvgIpc) is 3.61. The van der Waals surface area contributed by atoms with Gasteiger partial charge in [0.05, 0.1) is 19.3 Å². The third-order valence-electron chi connectivity index (χ3n) is 11.6. The highest BCUT2D eigenvalue weighted by molar-refractivity contribution is 5.67. The van der Waals surface area contributed by atoms with Crippen molar-refractivity contribution in [2.45, 2.75) is 104 Å². The highest BCUT2D eigenvalue weighted by Gasteiger charge is 2.70. The molecule has 0 radical (unpaired) electrons. The molecule has 0 spiro atoms. The van der Waals surface area contributed by atoms with E-state index in [2.05, 4.69) is 46.0 Å². The highest BCUT2D eigenvalue weighted by atomic mass is 16.7. The smallest absolute Gasteiger partial charge is 0.407 e. The van der Waals surface area contributed by atoms with Gasteiger partial charge in [-0.05, 0) is 54.9 Å². The number of alkyl carbamates (subject to hydrolysis) is 1. The number of carbonyl (C=O) groups excluding carboxylic acids is 2. The molecule has 3 saturated carbocycles. The summed E-state index contributed by atoms with van der Waals surface area (Å²) in [4.78, 5) is 24.4. The minimum Gasteiger partial charge on any atom is -0.459 e. The van der Waals surface area contributed by atoms with E-state index in [9.17, 15) is 9.59 Å². The molecule has 0 aromatic carbocycles. The van der Waals surface area contributed by atoms with Crippen molar-refractivity contribution in [2.75, 3.05) is 20.3 Å². The van der Waals surface area contributed by atoms with Crippen LogP contribution in [0.3, 0.4) is 0 Å². The molecule has 8 heteroatoms. The Bertz CT molecular complexity index is 1030. The van der Waals surface area contributed by atoms with Gasteiger partial charge in [-0.2, -0.15) is 0 Å². The Balaban J connectivity index is 1.30. The molecule has 4 aliphatic carbocycles. The third kappa shape index (κ3) is 4.35. The van der Waals surface area contributed by atoms with Crippen LogP contribution in [0.4, 0.5) is 4.79 Å². The monoisotopic (exact) mass is 545 g/mol. The molecular weight excluding hydrogens is 498 g/mol. The van der Waals surface area contributed by atoms with Crippen LogP contribution in [0.1, 0.15) is 73.6 Å². The second-order valence-corrected chi connectivity index (χ2v) is 14.5. The molecule has 2 aliphatic heterocycles. The molecule has 6 rings (SSSR count). The zero-order chi connectivity index (χ0) is 27.9. The summed E-state index contributed by atoms with van der Waals surface area (Å²) in [6.07, 6.45) is 6.15. The Labute approximate surface area is 232 Å². The molecule has 11 atom stereocenters. The van der Waals surface area contributed by atoms with Crippen molar-refractivity contribution < 1.29 is 33.3 Å². The van der Waals surface area contributed by atoms with Gasteiger partial charge in [-0.15, -0.1) is 0 Å². The standard InChI is InChI=1S/C31H47NO7/c1-16(27-35-14-29(3,4)15-36-27)19-8-9-20-24-21(10-11-30(19,20)5)31(6)18(12-22(24)38-28(34)32-7)13-23(37-17(2)33)25-26(31)39-25/h12,16,19-27H,8-11,13-15H2,1-7H3,(H,32,34)/t16?,19-,20?,21?,22-,23+,24?,25+,26+,30-,31+/m1/s1. The van der Waals surface area contributed by atoms with Gasteiger partial charge in [0.2, 0.25) is 0 Å². The van der Waals surface area contributed by atoms with E-state index < -0.39 is 6.09 Å². The summed E-state index contributed by atoms with van der Waals surface area (Å²) in [5.41, 5.74) is 1.26. The lowest BCUT2D eigenvalue weighted by atomic mass is 9.46. The van der Waals surface area contributed by atoms with E-state index in [1.807, 2.05) is 0 Å². The maximum atomic E-state index is 12.6. The van der Waals surface area contributed by atoms with Crippen LogP contribution in [0.5, 0.6) is 0 Å². The Kier molecular flexibility index (Phi) is 6.67. The van der Waals surface area contributed by atoms with Crippen molar-refractivity contribution in [3.05, 3.63) is 11.6 Å². The first kappa shape index (κ1) is 27.5. The molecule has 2 saturated heterocycles. The summed E-state index contributed by atoms with van der Waals surface area (Å²) in [7, 11) is 1.61. The molecule has 2 heterocycles. The predicted molar refractivity (Wildman–Crippen MR) is 144 cm³/mol. The summed E-state index contributed by atoms with van der Waals surface area (Å²) in [5.74, 6) is 1.49. The SMILES string of the molecule is CNC(=O)O[C@@H]1C=C2C[C@H](OC(C)=O)[C@@H]3O[C@@H]3[C@]2(C)C2CC[C@@]3(C)C(CC[C@@H]3C(C)C3OCC(C)(C)CO3)C21. The highest BCUT2D eigenvalue weighted by Crippen LogP contribution is 2.70. The second-order valence-electron chi connectivity index (χ2n) is 14.5. The van der Waals surface area contributed by atoms with Gasteiger partial charge in [-0.25, -0.2) is 4.79 Å². The van der Waals surface area contributed by atoms with Crippen molar-refractivity contribution >= 4 is 12.1 Å². The fourth-order valence-corrected chi connectivity index (χ4v) is 9.70. The van der Waals surface area contributed by atoms with E-state index in [0.717, 1.165) is 38.9 Å². The molecule has 6 aliphatic rings. The first-order valence-corrected chi connectivity index (χ1v) is 15.0. The lowest BCUT2D eigenvalue weighted by molar-refractivity contribution is -0.253. The topological polar surface area (TPSA) is 95.6 Å². The van der Waals surface area contributed by atoms with Crippen LogP contribution in [0.2, 0.25) is 0 Å². The molecule has 1 N–H and O–H groups in total. The Morgan fingerprint density at radius 1 is 1.05 bits per heavy atom. The largest absolute Gasteiger partial charge is 0.459 e. The van der Waals surface area contributed by atoms with E-state index in [0.29, 0.717) is 30.1 Å². The van der Waals surface area contributed by atoms with Crippen LogP contribution in [0, 0.1) is 45.8 Å². The van der Waals surface area contributed by atoms with Gasteiger partial charge in [-0.3, -0.25) is 4.79 Å². The van der Waals surface area contributed by atoms with Crippen LogP contribution in [0.15, 0.2) is 11.6 Å². The summed E-state index contributed by atoms with van der Waals surface area (Å²) in [6, 6.07) is 0. The third-order valence-corrected chi connectivity index (χ3v) is 11.6. The average molecular weight is 546 g/mol. The number of hydrogen-bond donors (Lipinski definition) is 1. The number of rotatable bonds is 4. The Morgan fingerprint density at radius 2 is 1.77 bits per heavy atom. The first-order chi connectivity index (χ1) is 18.4. The molecule has 4 unspecified atom stereocenters.